The van der Waals surface area contributed by atoms with E-state index in [1.54, 1.807) is 11.3 Å². The van der Waals surface area contributed by atoms with Gasteiger partial charge in [0.25, 0.3) is 0 Å². The minimum atomic E-state index is -0.104. The maximum absolute atomic E-state index is 11.6. The lowest BCUT2D eigenvalue weighted by Crippen LogP contribution is -2.42. The molecule has 1 saturated carbocycles. The van der Waals surface area contributed by atoms with Gasteiger partial charge in [0, 0.05) is 17.5 Å². The summed E-state index contributed by atoms with van der Waals surface area (Å²) < 4.78 is 0. The van der Waals surface area contributed by atoms with Crippen molar-refractivity contribution in [1.29, 1.82) is 0 Å². The molecule has 1 aromatic rings. The molecule has 0 bridgehead atoms. The number of amides is 1. The molecular formula is C11H16N2OS. The van der Waals surface area contributed by atoms with Crippen LogP contribution in [0.2, 0.25) is 0 Å². The van der Waals surface area contributed by atoms with Gasteiger partial charge >= 0.3 is 0 Å². The summed E-state index contributed by atoms with van der Waals surface area (Å²) in [7, 11) is 0. The summed E-state index contributed by atoms with van der Waals surface area (Å²) in [5.41, 5.74) is 0. The predicted octanol–water partition coefficient (Wildman–Crippen LogP) is 1.50. The smallest absolute Gasteiger partial charge is 0.237 e. The molecule has 0 aliphatic heterocycles. The van der Waals surface area contributed by atoms with Crippen LogP contribution in [-0.2, 0) is 11.3 Å². The van der Waals surface area contributed by atoms with E-state index >= 15 is 0 Å². The molecular weight excluding hydrogens is 208 g/mol. The van der Waals surface area contributed by atoms with Crippen LogP contribution < -0.4 is 10.6 Å². The maximum Gasteiger partial charge on any atom is 0.237 e. The summed E-state index contributed by atoms with van der Waals surface area (Å²) in [6, 6.07) is 4.44. The van der Waals surface area contributed by atoms with Crippen molar-refractivity contribution in [2.24, 2.45) is 0 Å². The average molecular weight is 224 g/mol. The second kappa shape index (κ2) is 4.77. The van der Waals surface area contributed by atoms with Crippen LogP contribution in [0.1, 0.15) is 24.6 Å². The number of hydrogen-bond acceptors (Lipinski definition) is 3. The Kier molecular flexibility index (Phi) is 3.38. The van der Waals surface area contributed by atoms with Crippen molar-refractivity contribution in [3.8, 4) is 0 Å². The molecule has 3 nitrogen and oxygen atoms in total. The summed E-state index contributed by atoms with van der Waals surface area (Å²) in [5, 5.41) is 8.25. The Morgan fingerprint density at radius 1 is 1.67 bits per heavy atom. The maximum atomic E-state index is 11.6. The molecule has 1 aliphatic rings. The number of thiophene rings is 1. The van der Waals surface area contributed by atoms with Gasteiger partial charge in [0.15, 0.2) is 0 Å². The third-order valence-electron chi connectivity index (χ3n) is 2.48. The van der Waals surface area contributed by atoms with Gasteiger partial charge in [-0.2, -0.15) is 0 Å². The molecule has 2 N–H and O–H groups in total. The normalized spacial score (nSPS) is 17.4. The molecule has 1 aromatic heterocycles. The van der Waals surface area contributed by atoms with E-state index < -0.39 is 0 Å². The SMILES string of the molecule is CC(NCc1cccs1)C(=O)NC1CC1. The van der Waals surface area contributed by atoms with E-state index in [2.05, 4.69) is 16.7 Å². The van der Waals surface area contributed by atoms with Gasteiger partial charge in [-0.1, -0.05) is 6.07 Å². The topological polar surface area (TPSA) is 41.1 Å². The molecule has 4 heteroatoms. The standard InChI is InChI=1S/C11H16N2OS/c1-8(11(14)13-9-4-5-9)12-7-10-3-2-6-15-10/h2-3,6,8-9,12H,4-5,7H2,1H3,(H,13,14). The van der Waals surface area contributed by atoms with E-state index in [4.69, 9.17) is 0 Å². The van der Waals surface area contributed by atoms with Gasteiger partial charge in [0.05, 0.1) is 6.04 Å². The zero-order chi connectivity index (χ0) is 10.7. The van der Waals surface area contributed by atoms with Crippen molar-refractivity contribution in [3.05, 3.63) is 22.4 Å². The molecule has 0 saturated heterocycles. The quantitative estimate of drug-likeness (QED) is 0.796. The highest BCUT2D eigenvalue weighted by atomic mass is 32.1. The first-order valence-corrected chi connectivity index (χ1v) is 6.20. The monoisotopic (exact) mass is 224 g/mol. The highest BCUT2D eigenvalue weighted by Crippen LogP contribution is 2.18. The van der Waals surface area contributed by atoms with Crippen LogP contribution in [0, 0.1) is 0 Å². The third kappa shape index (κ3) is 3.32. The van der Waals surface area contributed by atoms with Crippen LogP contribution in [0.4, 0.5) is 0 Å². The van der Waals surface area contributed by atoms with Crippen LogP contribution in [-0.4, -0.2) is 18.0 Å². The molecule has 2 rings (SSSR count). The number of nitrogens with one attached hydrogen (secondary N) is 2. The van der Waals surface area contributed by atoms with Crippen LogP contribution in [0.15, 0.2) is 17.5 Å². The van der Waals surface area contributed by atoms with Crippen LogP contribution >= 0.6 is 11.3 Å². The van der Waals surface area contributed by atoms with Gasteiger partial charge < -0.3 is 10.6 Å². The Hall–Kier alpha value is -0.870. The molecule has 1 atom stereocenters. The Morgan fingerprint density at radius 3 is 3.07 bits per heavy atom. The Labute approximate surface area is 93.9 Å². The molecule has 1 amide bonds. The van der Waals surface area contributed by atoms with Crippen molar-refractivity contribution >= 4 is 17.2 Å². The number of hydrogen-bond donors (Lipinski definition) is 2. The van der Waals surface area contributed by atoms with E-state index in [-0.39, 0.29) is 11.9 Å². The van der Waals surface area contributed by atoms with Crippen molar-refractivity contribution in [1.82, 2.24) is 10.6 Å². The largest absolute Gasteiger partial charge is 0.352 e. The minimum Gasteiger partial charge on any atom is -0.352 e. The predicted molar refractivity (Wildman–Crippen MR) is 61.8 cm³/mol. The first-order chi connectivity index (χ1) is 7.25. The van der Waals surface area contributed by atoms with E-state index in [0.29, 0.717) is 6.04 Å². The van der Waals surface area contributed by atoms with E-state index in [1.807, 2.05) is 18.4 Å². The summed E-state index contributed by atoms with van der Waals surface area (Å²) in [6.45, 7) is 2.68. The van der Waals surface area contributed by atoms with E-state index in [0.717, 1.165) is 19.4 Å². The lowest BCUT2D eigenvalue weighted by molar-refractivity contribution is -0.122. The molecule has 15 heavy (non-hydrogen) atoms. The average Bonchev–Trinajstić information content (AvgIpc) is 2.88. The molecule has 1 fully saturated rings. The summed E-state index contributed by atoms with van der Waals surface area (Å²) in [6.07, 6.45) is 2.28. The molecule has 0 spiro atoms. The van der Waals surface area contributed by atoms with Crippen molar-refractivity contribution in [2.45, 2.75) is 38.4 Å². The van der Waals surface area contributed by atoms with E-state index in [1.165, 1.54) is 4.88 Å². The molecule has 82 valence electrons. The zero-order valence-corrected chi connectivity index (χ0v) is 9.64. The number of carbonyl (C=O) groups excluding carboxylic acids is 1. The van der Waals surface area contributed by atoms with E-state index in [9.17, 15) is 4.79 Å². The van der Waals surface area contributed by atoms with Crippen molar-refractivity contribution in [3.63, 3.8) is 0 Å². The fourth-order valence-electron chi connectivity index (χ4n) is 1.31. The lowest BCUT2D eigenvalue weighted by Gasteiger charge is -2.12. The van der Waals surface area contributed by atoms with Crippen LogP contribution in [0.3, 0.4) is 0 Å². The van der Waals surface area contributed by atoms with Gasteiger partial charge in [-0.3, -0.25) is 4.79 Å². The first kappa shape index (κ1) is 10.6. The Morgan fingerprint density at radius 2 is 2.47 bits per heavy atom. The second-order valence-corrected chi connectivity index (χ2v) is 5.00. The molecule has 0 radical (unpaired) electrons. The number of carbonyl (C=O) groups is 1. The summed E-state index contributed by atoms with van der Waals surface area (Å²) in [5.74, 6) is 0.119. The van der Waals surface area contributed by atoms with Crippen molar-refractivity contribution < 1.29 is 4.79 Å². The minimum absolute atomic E-state index is 0.104. The van der Waals surface area contributed by atoms with Crippen LogP contribution in [0.5, 0.6) is 0 Å². The number of rotatable bonds is 5. The molecule has 0 aromatic carbocycles. The molecule has 1 heterocycles. The Bertz CT molecular complexity index is 319. The highest BCUT2D eigenvalue weighted by molar-refractivity contribution is 7.09. The zero-order valence-electron chi connectivity index (χ0n) is 8.82. The second-order valence-electron chi connectivity index (χ2n) is 3.96. The van der Waals surface area contributed by atoms with Crippen molar-refractivity contribution in [2.75, 3.05) is 0 Å². The Balaban J connectivity index is 1.71. The molecule has 1 aliphatic carbocycles. The summed E-state index contributed by atoms with van der Waals surface area (Å²) >= 11 is 1.71. The van der Waals surface area contributed by atoms with Crippen LogP contribution in [0.25, 0.3) is 0 Å². The van der Waals surface area contributed by atoms with Gasteiger partial charge in [0.1, 0.15) is 0 Å². The lowest BCUT2D eigenvalue weighted by atomic mass is 10.3. The fraction of sp³-hybridized carbons (Fsp3) is 0.545. The highest BCUT2D eigenvalue weighted by Gasteiger charge is 2.25. The summed E-state index contributed by atoms with van der Waals surface area (Å²) in [4.78, 5) is 12.8. The van der Waals surface area contributed by atoms with Gasteiger partial charge in [-0.25, -0.2) is 0 Å². The first-order valence-electron chi connectivity index (χ1n) is 5.32. The van der Waals surface area contributed by atoms with Gasteiger partial charge in [-0.15, -0.1) is 11.3 Å². The third-order valence-corrected chi connectivity index (χ3v) is 3.36. The van der Waals surface area contributed by atoms with Gasteiger partial charge in [-0.05, 0) is 31.2 Å². The fourth-order valence-corrected chi connectivity index (χ4v) is 1.97. The van der Waals surface area contributed by atoms with Gasteiger partial charge in [0.2, 0.25) is 5.91 Å². The molecule has 1 unspecified atom stereocenters.